The maximum Gasteiger partial charge on any atom is 0.231 e. The minimum atomic E-state index is -0.692. The minimum Gasteiger partial charge on any atom is -0.496 e. The Bertz CT molecular complexity index is 978. The number of hydrogen-bond acceptors (Lipinski definition) is 4. The Balaban J connectivity index is 1.80. The predicted octanol–water partition coefficient (Wildman–Crippen LogP) is 3.70. The summed E-state index contributed by atoms with van der Waals surface area (Å²) in [5, 5.41) is 2.93. The molecule has 3 rings (SSSR count). The highest BCUT2D eigenvalue weighted by Gasteiger charge is 2.24. The fourth-order valence-corrected chi connectivity index (χ4v) is 3.51. The zero-order valence-electron chi connectivity index (χ0n) is 15.4. The lowest BCUT2D eigenvalue weighted by atomic mass is 10.0. The molecule has 0 fully saturated rings. The lowest BCUT2D eigenvalue weighted by Gasteiger charge is -2.21. The van der Waals surface area contributed by atoms with Crippen LogP contribution in [0.15, 0.2) is 59.8 Å². The summed E-state index contributed by atoms with van der Waals surface area (Å²) in [7, 11) is 3.39. The number of hydrogen-bond donors (Lipinski definition) is 1. The largest absolute Gasteiger partial charge is 0.496 e. The average molecular weight is 403 g/mol. The van der Waals surface area contributed by atoms with Crippen LogP contribution in [0.3, 0.4) is 0 Å². The quantitative estimate of drug-likeness (QED) is 0.611. The molecule has 8 heteroatoms. The number of imidazole rings is 1. The van der Waals surface area contributed by atoms with Crippen LogP contribution in [0.25, 0.3) is 0 Å². The molecule has 3 aromatic rings. The number of aromatic nitrogens is 2. The van der Waals surface area contributed by atoms with E-state index in [1.165, 1.54) is 6.07 Å². The van der Waals surface area contributed by atoms with E-state index in [2.05, 4.69) is 10.3 Å². The van der Waals surface area contributed by atoms with E-state index in [1.807, 2.05) is 29.8 Å². The Kier molecular flexibility index (Phi) is 6.30. The van der Waals surface area contributed by atoms with Crippen LogP contribution in [0, 0.1) is 11.6 Å². The lowest BCUT2D eigenvalue weighted by molar-refractivity contribution is -0.119. The number of thioether (sulfide) groups is 1. The maximum absolute atomic E-state index is 13.8. The van der Waals surface area contributed by atoms with Gasteiger partial charge in [-0.15, -0.1) is 11.8 Å². The van der Waals surface area contributed by atoms with Crippen molar-refractivity contribution < 1.29 is 18.3 Å². The summed E-state index contributed by atoms with van der Waals surface area (Å²) in [5.41, 5.74) is 0.755. The third-order valence-electron chi connectivity index (χ3n) is 4.12. The van der Waals surface area contributed by atoms with Crippen molar-refractivity contribution in [2.24, 2.45) is 7.05 Å². The first-order valence-electron chi connectivity index (χ1n) is 8.47. The van der Waals surface area contributed by atoms with Crippen molar-refractivity contribution in [3.05, 3.63) is 77.9 Å². The van der Waals surface area contributed by atoms with Crippen molar-refractivity contribution >= 4 is 17.7 Å². The molecule has 0 saturated heterocycles. The number of carbonyl (C=O) groups is 1. The standard InChI is InChI=1S/C20H19F2N3O2S/c1-25-10-9-23-20(25)19(14-5-3-4-6-16(14)27-2)24-18(26)12-28-17-8-7-13(21)11-15(17)22/h3-11,19H,12H2,1-2H3,(H,24,26). The molecule has 1 unspecified atom stereocenters. The van der Waals surface area contributed by atoms with E-state index in [0.717, 1.165) is 29.5 Å². The molecule has 0 aliphatic heterocycles. The molecule has 1 aromatic heterocycles. The molecule has 0 saturated carbocycles. The number of aryl methyl sites for hydroxylation is 1. The molecule has 1 atom stereocenters. The summed E-state index contributed by atoms with van der Waals surface area (Å²) < 4.78 is 34.0. The number of nitrogens with one attached hydrogen (secondary N) is 1. The van der Waals surface area contributed by atoms with Crippen LogP contribution in [0.2, 0.25) is 0 Å². The third kappa shape index (κ3) is 4.51. The minimum absolute atomic E-state index is 0.0291. The summed E-state index contributed by atoms with van der Waals surface area (Å²) >= 11 is 1.00. The fraction of sp³-hybridized carbons (Fsp3) is 0.200. The van der Waals surface area contributed by atoms with Crippen LogP contribution in [0.1, 0.15) is 17.4 Å². The second kappa shape index (κ2) is 8.88. The Labute approximate surface area is 165 Å². The Hall–Kier alpha value is -2.87. The van der Waals surface area contributed by atoms with E-state index < -0.39 is 17.7 Å². The number of halogens is 2. The average Bonchev–Trinajstić information content (AvgIpc) is 3.11. The van der Waals surface area contributed by atoms with E-state index in [-0.39, 0.29) is 16.6 Å². The molecule has 2 aromatic carbocycles. The van der Waals surface area contributed by atoms with Crippen molar-refractivity contribution in [2.75, 3.05) is 12.9 Å². The smallest absolute Gasteiger partial charge is 0.231 e. The van der Waals surface area contributed by atoms with E-state index in [0.29, 0.717) is 11.6 Å². The van der Waals surface area contributed by atoms with Gasteiger partial charge in [0.1, 0.15) is 29.3 Å². The molecule has 0 radical (unpaired) electrons. The van der Waals surface area contributed by atoms with Gasteiger partial charge in [0.05, 0.1) is 12.9 Å². The van der Waals surface area contributed by atoms with Crippen LogP contribution in [-0.2, 0) is 11.8 Å². The number of amides is 1. The van der Waals surface area contributed by atoms with Gasteiger partial charge in [0.2, 0.25) is 5.91 Å². The second-order valence-electron chi connectivity index (χ2n) is 6.00. The van der Waals surface area contributed by atoms with Gasteiger partial charge in [-0.1, -0.05) is 18.2 Å². The number of rotatable bonds is 7. The van der Waals surface area contributed by atoms with Gasteiger partial charge >= 0.3 is 0 Å². The zero-order chi connectivity index (χ0) is 20.1. The third-order valence-corrected chi connectivity index (χ3v) is 5.17. The molecule has 5 nitrogen and oxygen atoms in total. The van der Waals surface area contributed by atoms with Crippen LogP contribution < -0.4 is 10.1 Å². The maximum atomic E-state index is 13.8. The first kappa shape index (κ1) is 19.9. The van der Waals surface area contributed by atoms with Crippen molar-refractivity contribution in [3.8, 4) is 5.75 Å². The SMILES string of the molecule is COc1ccccc1C(NC(=O)CSc1ccc(F)cc1F)c1nccn1C. The number of nitrogens with zero attached hydrogens (tertiary/aromatic N) is 2. The van der Waals surface area contributed by atoms with Crippen LogP contribution >= 0.6 is 11.8 Å². The van der Waals surface area contributed by atoms with Gasteiger partial charge < -0.3 is 14.6 Å². The van der Waals surface area contributed by atoms with Crippen LogP contribution in [0.4, 0.5) is 8.78 Å². The van der Waals surface area contributed by atoms with Gasteiger partial charge in [-0.3, -0.25) is 4.79 Å². The topological polar surface area (TPSA) is 56.1 Å². The number of para-hydroxylation sites is 1. The van der Waals surface area contributed by atoms with E-state index >= 15 is 0 Å². The van der Waals surface area contributed by atoms with Crippen LogP contribution in [0.5, 0.6) is 5.75 Å². The molecule has 0 aliphatic rings. The number of ether oxygens (including phenoxy) is 1. The monoisotopic (exact) mass is 403 g/mol. The molecular formula is C20H19F2N3O2S. The summed E-state index contributed by atoms with van der Waals surface area (Å²) in [6, 6.07) is 10.1. The first-order valence-corrected chi connectivity index (χ1v) is 9.45. The van der Waals surface area contributed by atoms with E-state index in [4.69, 9.17) is 4.74 Å². The molecule has 0 aliphatic carbocycles. The summed E-state index contributed by atoms with van der Waals surface area (Å²) in [6.45, 7) is 0. The van der Waals surface area contributed by atoms with Gasteiger partial charge in [0.15, 0.2) is 0 Å². The summed E-state index contributed by atoms with van der Waals surface area (Å²) in [6.07, 6.45) is 3.43. The zero-order valence-corrected chi connectivity index (χ0v) is 16.2. The van der Waals surface area contributed by atoms with Gasteiger partial charge in [0, 0.05) is 36.0 Å². The fourth-order valence-electron chi connectivity index (χ4n) is 2.78. The van der Waals surface area contributed by atoms with E-state index in [1.54, 1.807) is 25.6 Å². The Morgan fingerprint density at radius 2 is 2.07 bits per heavy atom. The number of methoxy groups -OCH3 is 1. The van der Waals surface area contributed by atoms with Crippen molar-refractivity contribution in [2.45, 2.75) is 10.9 Å². The van der Waals surface area contributed by atoms with Gasteiger partial charge in [0.25, 0.3) is 0 Å². The molecule has 28 heavy (non-hydrogen) atoms. The lowest BCUT2D eigenvalue weighted by Crippen LogP contribution is -2.32. The molecule has 0 bridgehead atoms. The van der Waals surface area contributed by atoms with Crippen LogP contribution in [-0.4, -0.2) is 28.3 Å². The predicted molar refractivity (Wildman–Crippen MR) is 103 cm³/mol. The summed E-state index contributed by atoms with van der Waals surface area (Å²) in [5.74, 6) is -0.435. The van der Waals surface area contributed by atoms with Gasteiger partial charge in [-0.05, 0) is 18.2 Å². The van der Waals surface area contributed by atoms with Crippen molar-refractivity contribution in [3.63, 3.8) is 0 Å². The van der Waals surface area contributed by atoms with Gasteiger partial charge in [-0.25, -0.2) is 13.8 Å². The highest BCUT2D eigenvalue weighted by Crippen LogP contribution is 2.29. The van der Waals surface area contributed by atoms with Crippen molar-refractivity contribution in [1.82, 2.24) is 14.9 Å². The number of carbonyl (C=O) groups excluding carboxylic acids is 1. The number of benzene rings is 2. The Morgan fingerprint density at radius 3 is 2.75 bits per heavy atom. The highest BCUT2D eigenvalue weighted by atomic mass is 32.2. The highest BCUT2D eigenvalue weighted by molar-refractivity contribution is 8.00. The molecular weight excluding hydrogens is 384 g/mol. The van der Waals surface area contributed by atoms with Gasteiger partial charge in [-0.2, -0.15) is 0 Å². The Morgan fingerprint density at radius 1 is 1.29 bits per heavy atom. The van der Waals surface area contributed by atoms with Crippen molar-refractivity contribution in [1.29, 1.82) is 0 Å². The summed E-state index contributed by atoms with van der Waals surface area (Å²) in [4.78, 5) is 17.1. The first-order chi connectivity index (χ1) is 13.5. The molecule has 1 heterocycles. The normalized spacial score (nSPS) is 11.9. The molecule has 146 valence electrons. The second-order valence-corrected chi connectivity index (χ2v) is 7.02. The molecule has 1 N–H and O–H groups in total. The molecule has 0 spiro atoms. The molecule has 1 amide bonds. The van der Waals surface area contributed by atoms with E-state index in [9.17, 15) is 13.6 Å².